The summed E-state index contributed by atoms with van der Waals surface area (Å²) in [5.74, 6) is -0.0207. The number of hydrogen-bond acceptors (Lipinski definition) is 5. The van der Waals surface area contributed by atoms with E-state index in [9.17, 15) is 4.79 Å². The largest absolute Gasteiger partial charge is 0.382 e. The minimum atomic E-state index is -0.192. The Morgan fingerprint density at radius 1 is 1.22 bits per heavy atom. The summed E-state index contributed by atoms with van der Waals surface area (Å²) in [7, 11) is 3.20. The number of carbonyl (C=O) groups is 1. The Morgan fingerprint density at radius 3 is 2.61 bits per heavy atom. The smallest absolute Gasteiger partial charge is 0.222 e. The number of rotatable bonds is 12. The molecule has 0 radical (unpaired) electrons. The van der Waals surface area contributed by atoms with Crippen LogP contribution in [0.25, 0.3) is 0 Å². The Hall–Kier alpha value is -0.690. The van der Waals surface area contributed by atoms with Gasteiger partial charge in [-0.15, -0.1) is 0 Å². The standard InChI is InChI=1S/C12H26N2O4/c1-16-7-8-18-6-4-3-5-14-12(15)9-11(10-13)17-2/h11H,3-10,13H2,1-2H3,(H,14,15). The average molecular weight is 262 g/mol. The third-order valence-corrected chi connectivity index (χ3v) is 2.48. The number of hydrogen-bond donors (Lipinski definition) is 2. The predicted molar refractivity (Wildman–Crippen MR) is 69.4 cm³/mol. The highest BCUT2D eigenvalue weighted by molar-refractivity contribution is 5.76. The molecule has 0 aromatic rings. The molecule has 0 saturated carbocycles. The van der Waals surface area contributed by atoms with Gasteiger partial charge in [0.2, 0.25) is 5.91 Å². The van der Waals surface area contributed by atoms with Gasteiger partial charge < -0.3 is 25.3 Å². The molecule has 0 aliphatic carbocycles. The minimum absolute atomic E-state index is 0.0207. The first kappa shape index (κ1) is 17.3. The number of amides is 1. The van der Waals surface area contributed by atoms with Gasteiger partial charge in [-0.1, -0.05) is 0 Å². The quantitative estimate of drug-likeness (QED) is 0.480. The fourth-order valence-corrected chi connectivity index (χ4v) is 1.34. The van der Waals surface area contributed by atoms with Crippen LogP contribution in [-0.4, -0.2) is 59.1 Å². The van der Waals surface area contributed by atoms with Crippen LogP contribution in [0.4, 0.5) is 0 Å². The maximum absolute atomic E-state index is 11.5. The van der Waals surface area contributed by atoms with Crippen molar-refractivity contribution in [3.05, 3.63) is 0 Å². The summed E-state index contributed by atoms with van der Waals surface area (Å²) in [4.78, 5) is 11.5. The first-order valence-electron chi connectivity index (χ1n) is 6.30. The Kier molecular flexibility index (Phi) is 12.3. The lowest BCUT2D eigenvalue weighted by molar-refractivity contribution is -0.123. The summed E-state index contributed by atoms with van der Waals surface area (Å²) in [6.07, 6.45) is 1.95. The van der Waals surface area contributed by atoms with Crippen LogP contribution in [0.15, 0.2) is 0 Å². The van der Waals surface area contributed by atoms with Crippen molar-refractivity contribution >= 4 is 5.91 Å². The summed E-state index contributed by atoms with van der Waals surface area (Å²) in [5, 5.41) is 2.83. The summed E-state index contributed by atoms with van der Waals surface area (Å²) in [5.41, 5.74) is 5.43. The highest BCUT2D eigenvalue weighted by Crippen LogP contribution is 1.95. The molecule has 1 unspecified atom stereocenters. The summed E-state index contributed by atoms with van der Waals surface area (Å²) in [6, 6.07) is 0. The monoisotopic (exact) mass is 262 g/mol. The van der Waals surface area contributed by atoms with Crippen molar-refractivity contribution in [1.82, 2.24) is 5.32 Å². The zero-order valence-corrected chi connectivity index (χ0v) is 11.4. The molecule has 0 aromatic carbocycles. The van der Waals surface area contributed by atoms with Gasteiger partial charge in [-0.2, -0.15) is 0 Å². The van der Waals surface area contributed by atoms with Crippen LogP contribution in [0, 0.1) is 0 Å². The topological polar surface area (TPSA) is 82.8 Å². The zero-order chi connectivity index (χ0) is 13.6. The van der Waals surface area contributed by atoms with Crippen LogP contribution in [-0.2, 0) is 19.0 Å². The van der Waals surface area contributed by atoms with E-state index in [1.165, 1.54) is 0 Å². The van der Waals surface area contributed by atoms with Crippen LogP contribution >= 0.6 is 0 Å². The lowest BCUT2D eigenvalue weighted by Gasteiger charge is -2.12. The molecule has 1 amide bonds. The highest BCUT2D eigenvalue weighted by atomic mass is 16.5. The van der Waals surface area contributed by atoms with Crippen molar-refractivity contribution in [2.45, 2.75) is 25.4 Å². The molecule has 18 heavy (non-hydrogen) atoms. The molecular weight excluding hydrogens is 236 g/mol. The number of nitrogens with one attached hydrogen (secondary N) is 1. The fourth-order valence-electron chi connectivity index (χ4n) is 1.34. The third kappa shape index (κ3) is 10.5. The van der Waals surface area contributed by atoms with Crippen molar-refractivity contribution < 1.29 is 19.0 Å². The van der Waals surface area contributed by atoms with E-state index in [4.69, 9.17) is 19.9 Å². The van der Waals surface area contributed by atoms with Gasteiger partial charge in [0.15, 0.2) is 0 Å². The Labute approximate surface area is 109 Å². The van der Waals surface area contributed by atoms with Crippen LogP contribution in [0.1, 0.15) is 19.3 Å². The SMILES string of the molecule is COCCOCCCCNC(=O)CC(CN)OC. The van der Waals surface area contributed by atoms with Crippen LogP contribution in [0.2, 0.25) is 0 Å². The second-order valence-corrected chi connectivity index (χ2v) is 3.96. The van der Waals surface area contributed by atoms with E-state index in [1.54, 1.807) is 14.2 Å². The van der Waals surface area contributed by atoms with Gasteiger partial charge in [0, 0.05) is 33.9 Å². The van der Waals surface area contributed by atoms with Crippen molar-refractivity contribution in [2.75, 3.05) is 47.1 Å². The molecule has 6 nitrogen and oxygen atoms in total. The third-order valence-electron chi connectivity index (χ3n) is 2.48. The molecule has 0 aliphatic rings. The Morgan fingerprint density at radius 2 is 2.00 bits per heavy atom. The van der Waals surface area contributed by atoms with E-state index in [-0.39, 0.29) is 12.0 Å². The van der Waals surface area contributed by atoms with E-state index in [0.29, 0.717) is 39.3 Å². The molecule has 108 valence electrons. The van der Waals surface area contributed by atoms with E-state index in [0.717, 1.165) is 12.8 Å². The van der Waals surface area contributed by atoms with Gasteiger partial charge in [-0.25, -0.2) is 0 Å². The molecule has 0 fully saturated rings. The lowest BCUT2D eigenvalue weighted by Crippen LogP contribution is -2.32. The van der Waals surface area contributed by atoms with Gasteiger partial charge in [-0.05, 0) is 12.8 Å². The summed E-state index contributed by atoms with van der Waals surface area (Å²) in [6.45, 7) is 2.95. The van der Waals surface area contributed by atoms with Crippen LogP contribution in [0.3, 0.4) is 0 Å². The van der Waals surface area contributed by atoms with E-state index in [2.05, 4.69) is 5.32 Å². The van der Waals surface area contributed by atoms with Crippen LogP contribution in [0.5, 0.6) is 0 Å². The van der Waals surface area contributed by atoms with Crippen molar-refractivity contribution in [3.63, 3.8) is 0 Å². The van der Waals surface area contributed by atoms with Crippen molar-refractivity contribution in [3.8, 4) is 0 Å². The molecule has 0 rings (SSSR count). The summed E-state index contributed by atoms with van der Waals surface area (Å²) >= 11 is 0. The van der Waals surface area contributed by atoms with Gasteiger partial charge in [0.05, 0.1) is 25.7 Å². The molecule has 0 aliphatic heterocycles. The first-order chi connectivity index (χ1) is 8.74. The number of carbonyl (C=O) groups excluding carboxylic acids is 1. The normalized spacial score (nSPS) is 12.4. The second kappa shape index (κ2) is 12.8. The fraction of sp³-hybridized carbons (Fsp3) is 0.917. The molecule has 0 aromatic heterocycles. The van der Waals surface area contributed by atoms with E-state index >= 15 is 0 Å². The van der Waals surface area contributed by atoms with Crippen molar-refractivity contribution in [1.29, 1.82) is 0 Å². The Balaban J connectivity index is 3.30. The molecule has 1 atom stereocenters. The maximum atomic E-state index is 11.5. The number of nitrogens with two attached hydrogens (primary N) is 1. The number of methoxy groups -OCH3 is 2. The van der Waals surface area contributed by atoms with E-state index < -0.39 is 0 Å². The van der Waals surface area contributed by atoms with Gasteiger partial charge >= 0.3 is 0 Å². The van der Waals surface area contributed by atoms with Gasteiger partial charge in [-0.3, -0.25) is 4.79 Å². The van der Waals surface area contributed by atoms with Crippen LogP contribution < -0.4 is 11.1 Å². The average Bonchev–Trinajstić information content (AvgIpc) is 2.39. The lowest BCUT2D eigenvalue weighted by atomic mass is 10.2. The second-order valence-electron chi connectivity index (χ2n) is 3.96. The summed E-state index contributed by atoms with van der Waals surface area (Å²) < 4.78 is 15.2. The molecular formula is C12H26N2O4. The number of unbranched alkanes of at least 4 members (excludes halogenated alkanes) is 1. The zero-order valence-electron chi connectivity index (χ0n) is 11.4. The molecule has 0 heterocycles. The predicted octanol–water partition coefficient (Wildman–Crippen LogP) is -0.0904. The highest BCUT2D eigenvalue weighted by Gasteiger charge is 2.10. The Bertz CT molecular complexity index is 199. The number of ether oxygens (including phenoxy) is 3. The van der Waals surface area contributed by atoms with E-state index in [1.807, 2.05) is 0 Å². The molecule has 6 heteroatoms. The van der Waals surface area contributed by atoms with Gasteiger partial charge in [0.25, 0.3) is 0 Å². The minimum Gasteiger partial charge on any atom is -0.382 e. The molecule has 3 N–H and O–H groups in total. The molecule has 0 bridgehead atoms. The first-order valence-corrected chi connectivity index (χ1v) is 6.30. The van der Waals surface area contributed by atoms with Gasteiger partial charge in [0.1, 0.15) is 0 Å². The maximum Gasteiger partial charge on any atom is 0.222 e. The molecule has 0 saturated heterocycles. The molecule has 0 spiro atoms. The van der Waals surface area contributed by atoms with Crippen molar-refractivity contribution in [2.24, 2.45) is 5.73 Å².